The molecule has 0 bridgehead atoms. The number of benzene rings is 2. The summed E-state index contributed by atoms with van der Waals surface area (Å²) in [6.07, 6.45) is 4.35. The quantitative estimate of drug-likeness (QED) is 0.171. The van der Waals surface area contributed by atoms with Crippen molar-refractivity contribution in [2.24, 2.45) is 7.05 Å². The lowest BCUT2D eigenvalue weighted by molar-refractivity contribution is 0.0977. The van der Waals surface area contributed by atoms with E-state index in [1.165, 1.54) is 6.07 Å². The lowest BCUT2D eigenvalue weighted by Gasteiger charge is -2.34. The lowest BCUT2D eigenvalue weighted by atomic mass is 10.0. The van der Waals surface area contributed by atoms with Crippen molar-refractivity contribution in [2.45, 2.75) is 38.8 Å². The molecular weight excluding hydrogens is 630 g/mol. The van der Waals surface area contributed by atoms with Crippen molar-refractivity contribution >= 4 is 66.7 Å². The van der Waals surface area contributed by atoms with Crippen molar-refractivity contribution in [2.75, 3.05) is 35.3 Å². The van der Waals surface area contributed by atoms with Gasteiger partial charge in [0.15, 0.2) is 5.69 Å². The first-order valence-corrected chi connectivity index (χ1v) is 17.0. The zero-order valence-electron chi connectivity index (χ0n) is 25.8. The molecule has 4 N–H and O–H groups in total. The summed E-state index contributed by atoms with van der Waals surface area (Å²) >= 11 is 6.05. The number of amides is 1. The Morgan fingerprint density at radius 1 is 1.11 bits per heavy atom. The molecule has 0 radical (unpaired) electrons. The van der Waals surface area contributed by atoms with E-state index >= 15 is 0 Å². The Bertz CT molecular complexity index is 2170. The molecule has 0 saturated carbocycles. The number of rotatable bonds is 7. The number of fused-ring (bicyclic) bond motifs is 2. The largest absolute Gasteiger partial charge is 0.399 e. The van der Waals surface area contributed by atoms with Crippen LogP contribution in [0.25, 0.3) is 21.8 Å². The van der Waals surface area contributed by atoms with Gasteiger partial charge in [-0.25, -0.2) is 23.1 Å². The normalized spacial score (nSPS) is 14.9. The molecule has 1 aliphatic rings. The third-order valence-corrected chi connectivity index (χ3v) is 9.00. The molecule has 3 aromatic heterocycles. The van der Waals surface area contributed by atoms with E-state index in [9.17, 15) is 18.0 Å². The van der Waals surface area contributed by atoms with Gasteiger partial charge in [-0.3, -0.25) is 18.8 Å². The molecule has 1 fully saturated rings. The van der Waals surface area contributed by atoms with Crippen molar-refractivity contribution in [3.63, 3.8) is 0 Å². The number of nitrogens with zero attached hydrogens (tertiary/aromatic N) is 6. The van der Waals surface area contributed by atoms with Crippen LogP contribution in [0.1, 0.15) is 53.5 Å². The summed E-state index contributed by atoms with van der Waals surface area (Å²) in [6, 6.07) is 12.4. The Hall–Kier alpha value is -4.69. The zero-order valence-corrected chi connectivity index (χ0v) is 27.4. The summed E-state index contributed by atoms with van der Waals surface area (Å²) in [5.41, 5.74) is 9.74. The molecule has 2 aromatic carbocycles. The first kappa shape index (κ1) is 31.3. The van der Waals surface area contributed by atoms with Gasteiger partial charge in [-0.2, -0.15) is 5.10 Å². The third-order valence-electron chi connectivity index (χ3n) is 8.24. The Balaban J connectivity index is 1.31. The number of nitrogens with two attached hydrogens (primary N) is 1. The monoisotopic (exact) mass is 663 g/mol. The first-order valence-electron chi connectivity index (χ1n) is 14.7. The second-order valence-electron chi connectivity index (χ2n) is 11.8. The van der Waals surface area contributed by atoms with Gasteiger partial charge in [-0.15, -0.1) is 0 Å². The molecule has 15 heteroatoms. The molecule has 5 aromatic rings. The van der Waals surface area contributed by atoms with Crippen LogP contribution in [0, 0.1) is 6.92 Å². The molecule has 1 saturated heterocycles. The highest BCUT2D eigenvalue weighted by atomic mass is 35.5. The number of sulfonamides is 1. The highest BCUT2D eigenvalue weighted by Crippen LogP contribution is 2.32. The number of nitrogens with one attached hydrogen (secondary N) is 2. The molecule has 240 valence electrons. The van der Waals surface area contributed by atoms with E-state index in [2.05, 4.69) is 25.0 Å². The van der Waals surface area contributed by atoms with E-state index in [1.807, 2.05) is 55.1 Å². The fourth-order valence-electron chi connectivity index (χ4n) is 6.08. The van der Waals surface area contributed by atoms with E-state index in [0.717, 1.165) is 41.1 Å². The number of piperidine rings is 1. The molecule has 0 aliphatic carbocycles. The van der Waals surface area contributed by atoms with Crippen LogP contribution < -0.4 is 26.2 Å². The molecule has 4 heterocycles. The average Bonchev–Trinajstić information content (AvgIpc) is 3.42. The number of hydrogen-bond acceptors (Lipinski definition) is 10. The molecule has 6 rings (SSSR count). The fourth-order valence-corrected chi connectivity index (χ4v) is 6.66. The number of hydrogen-bond donors (Lipinski definition) is 3. The number of aromatic nitrogens is 5. The molecule has 1 amide bonds. The predicted molar refractivity (Wildman–Crippen MR) is 180 cm³/mol. The van der Waals surface area contributed by atoms with Crippen LogP contribution in [0.5, 0.6) is 0 Å². The van der Waals surface area contributed by atoms with Gasteiger partial charge >= 0.3 is 0 Å². The summed E-state index contributed by atoms with van der Waals surface area (Å²) in [7, 11) is -2.11. The van der Waals surface area contributed by atoms with Gasteiger partial charge in [-0.1, -0.05) is 17.7 Å². The maximum Gasteiger partial charge on any atom is 0.285 e. The minimum atomic E-state index is -3.84. The van der Waals surface area contributed by atoms with Crippen molar-refractivity contribution in [1.82, 2.24) is 29.0 Å². The maximum atomic E-state index is 13.7. The molecule has 46 heavy (non-hydrogen) atoms. The summed E-state index contributed by atoms with van der Waals surface area (Å²) in [4.78, 5) is 37.7. The maximum absolute atomic E-state index is 13.7. The van der Waals surface area contributed by atoms with Crippen LogP contribution in [0.2, 0.25) is 5.15 Å². The highest BCUT2D eigenvalue weighted by Gasteiger charge is 2.27. The number of pyridine rings is 1. The van der Waals surface area contributed by atoms with Gasteiger partial charge in [0.05, 0.1) is 46.6 Å². The Morgan fingerprint density at radius 2 is 1.85 bits per heavy atom. The van der Waals surface area contributed by atoms with E-state index < -0.39 is 22.0 Å². The van der Waals surface area contributed by atoms with Crippen molar-refractivity contribution < 1.29 is 13.2 Å². The highest BCUT2D eigenvalue weighted by molar-refractivity contribution is 7.89. The smallest absolute Gasteiger partial charge is 0.285 e. The second kappa shape index (κ2) is 11.9. The number of nitrogen functional groups attached to an aromatic ring is 1. The molecule has 1 aliphatic heterocycles. The number of halogens is 1. The fraction of sp³-hybridized carbons (Fsp3) is 0.323. The summed E-state index contributed by atoms with van der Waals surface area (Å²) < 4.78 is 29.1. The minimum Gasteiger partial charge on any atom is -0.399 e. The number of aryl methyl sites for hydroxylation is 1. The van der Waals surface area contributed by atoms with Crippen LogP contribution in [-0.2, 0) is 17.1 Å². The van der Waals surface area contributed by atoms with Crippen LogP contribution in [0.4, 0.5) is 17.3 Å². The second-order valence-corrected chi connectivity index (χ2v) is 13.9. The third kappa shape index (κ3) is 6.09. The van der Waals surface area contributed by atoms with Gasteiger partial charge in [0.25, 0.3) is 11.5 Å². The van der Waals surface area contributed by atoms with Gasteiger partial charge < -0.3 is 16.0 Å². The standard InChI is InChI=1S/C31H34ClN9O4S/c1-17-13-22(18(2)35-24-6-8-26(32)36-28(24)29(42)38-46(4,44)45)27-23(14-17)30(43)39(3)31(37-27)40-11-9-21(10-12-40)41-25-7-5-20(33)15-19(25)16-34-41/h5-8,13-16,18,21,35H,9-12,33H2,1-4H3,(H,38,42)/t18-/m1/s1. The van der Waals surface area contributed by atoms with Crippen LogP contribution in [0.15, 0.2) is 53.5 Å². The SMILES string of the molecule is Cc1cc([C@@H](C)Nc2ccc(Cl)nc2C(=O)NS(C)(=O)=O)c2nc(N3CCC(n4ncc5cc(N)ccc54)CC3)n(C)c(=O)c2c1. The van der Waals surface area contributed by atoms with E-state index in [4.69, 9.17) is 22.3 Å². The zero-order chi connectivity index (χ0) is 32.9. The summed E-state index contributed by atoms with van der Waals surface area (Å²) in [6.45, 7) is 5.12. The van der Waals surface area contributed by atoms with Gasteiger partial charge in [0.2, 0.25) is 16.0 Å². The molecule has 0 spiro atoms. The average molecular weight is 664 g/mol. The first-order chi connectivity index (χ1) is 21.8. The van der Waals surface area contributed by atoms with Gasteiger partial charge in [-0.05, 0) is 68.7 Å². The number of anilines is 3. The lowest BCUT2D eigenvalue weighted by Crippen LogP contribution is -2.39. The molecule has 13 nitrogen and oxygen atoms in total. The Labute approximate surface area is 270 Å². The van der Waals surface area contributed by atoms with Crippen LogP contribution in [0.3, 0.4) is 0 Å². The summed E-state index contributed by atoms with van der Waals surface area (Å²) in [5, 5.41) is 9.40. The van der Waals surface area contributed by atoms with Crippen LogP contribution >= 0.6 is 11.6 Å². The van der Waals surface area contributed by atoms with Crippen molar-refractivity contribution in [3.8, 4) is 0 Å². The predicted octanol–water partition coefficient (Wildman–Crippen LogP) is 3.93. The van der Waals surface area contributed by atoms with Crippen molar-refractivity contribution in [3.05, 3.63) is 81.0 Å². The minimum absolute atomic E-state index is 0.0295. The molecular formula is C31H34ClN9O4S. The van der Waals surface area contributed by atoms with Crippen LogP contribution in [-0.4, -0.2) is 58.0 Å². The number of carbonyl (C=O) groups is 1. The summed E-state index contributed by atoms with van der Waals surface area (Å²) in [5.74, 6) is -0.355. The Morgan fingerprint density at radius 3 is 2.57 bits per heavy atom. The van der Waals surface area contributed by atoms with E-state index in [0.29, 0.717) is 35.6 Å². The Kier molecular flexibility index (Phi) is 8.11. The van der Waals surface area contributed by atoms with E-state index in [-0.39, 0.29) is 28.1 Å². The van der Waals surface area contributed by atoms with Gasteiger partial charge in [0, 0.05) is 36.8 Å². The van der Waals surface area contributed by atoms with Crippen molar-refractivity contribution in [1.29, 1.82) is 0 Å². The number of carbonyl (C=O) groups excluding carboxylic acids is 1. The van der Waals surface area contributed by atoms with E-state index in [1.54, 1.807) is 17.7 Å². The molecule has 1 atom stereocenters. The van der Waals surface area contributed by atoms with Gasteiger partial charge in [0.1, 0.15) is 5.15 Å². The topological polar surface area (TPSA) is 170 Å². The molecule has 0 unspecified atom stereocenters.